The van der Waals surface area contributed by atoms with Gasteiger partial charge in [-0.2, -0.15) is 0 Å². The van der Waals surface area contributed by atoms with Crippen LogP contribution in [0.25, 0.3) is 10.9 Å². The van der Waals surface area contributed by atoms with Crippen LogP contribution in [0, 0.1) is 11.8 Å². The molecule has 3 atom stereocenters. The van der Waals surface area contributed by atoms with E-state index < -0.39 is 11.9 Å². The first-order valence-corrected chi connectivity index (χ1v) is 10.1. The van der Waals surface area contributed by atoms with E-state index in [1.807, 2.05) is 61.7 Å². The number of rotatable bonds is 2. The van der Waals surface area contributed by atoms with Crippen LogP contribution in [0.1, 0.15) is 24.9 Å². The third-order valence-corrected chi connectivity index (χ3v) is 6.16. The van der Waals surface area contributed by atoms with Gasteiger partial charge in [0.15, 0.2) is 5.78 Å². The van der Waals surface area contributed by atoms with Gasteiger partial charge in [-0.1, -0.05) is 37.3 Å². The molecule has 2 aromatic carbocycles. The summed E-state index contributed by atoms with van der Waals surface area (Å²) in [5.41, 5.74) is 5.28. The first kappa shape index (κ1) is 18.5. The van der Waals surface area contributed by atoms with Crippen molar-refractivity contribution >= 4 is 34.0 Å². The molecule has 3 N–H and O–H groups in total. The molecule has 6 nitrogen and oxygen atoms in total. The molecular formula is C24H23N3O3. The maximum atomic E-state index is 13.7. The summed E-state index contributed by atoms with van der Waals surface area (Å²) in [6, 6.07) is 15.5. The van der Waals surface area contributed by atoms with Crippen molar-refractivity contribution in [2.24, 2.45) is 11.8 Å². The molecule has 3 aromatic rings. The number of allylic oxidation sites excluding steroid dienone is 1. The number of aromatic amines is 1. The molecule has 0 radical (unpaired) electrons. The second kappa shape index (κ2) is 7.06. The van der Waals surface area contributed by atoms with Gasteiger partial charge < -0.3 is 20.4 Å². The summed E-state index contributed by atoms with van der Waals surface area (Å²) in [5, 5.41) is 8.08. The number of hydrogen-bond donors (Lipinski definition) is 3. The van der Waals surface area contributed by atoms with Gasteiger partial charge in [0.05, 0.1) is 24.5 Å². The van der Waals surface area contributed by atoms with Crippen molar-refractivity contribution in [2.75, 3.05) is 17.7 Å². The van der Waals surface area contributed by atoms with Gasteiger partial charge in [-0.3, -0.25) is 9.59 Å². The Kier molecular flexibility index (Phi) is 4.35. The Bertz CT molecular complexity index is 1190. The number of fused-ring (bicyclic) bond motifs is 2. The number of carbonyl (C=O) groups is 2. The predicted molar refractivity (Wildman–Crippen MR) is 116 cm³/mol. The topological polar surface area (TPSA) is 83.2 Å². The van der Waals surface area contributed by atoms with Crippen LogP contribution in [-0.4, -0.2) is 23.8 Å². The highest BCUT2D eigenvalue weighted by atomic mass is 16.5. The van der Waals surface area contributed by atoms with Crippen molar-refractivity contribution in [1.82, 2.24) is 4.98 Å². The van der Waals surface area contributed by atoms with Gasteiger partial charge in [0.1, 0.15) is 5.92 Å². The average molecular weight is 401 g/mol. The first-order chi connectivity index (χ1) is 14.6. The number of esters is 1. The van der Waals surface area contributed by atoms with E-state index in [0.717, 1.165) is 33.5 Å². The monoisotopic (exact) mass is 401 g/mol. The maximum absolute atomic E-state index is 13.7. The van der Waals surface area contributed by atoms with E-state index in [0.29, 0.717) is 12.0 Å². The minimum absolute atomic E-state index is 0.148. The zero-order valence-electron chi connectivity index (χ0n) is 16.9. The summed E-state index contributed by atoms with van der Waals surface area (Å²) >= 11 is 0. The number of Topliss-reactive ketones (excluding diaryl/α,β-unsaturated/α-hetero) is 1. The van der Waals surface area contributed by atoms with Crippen LogP contribution in [0.15, 0.2) is 66.0 Å². The molecule has 0 saturated carbocycles. The van der Waals surface area contributed by atoms with Crippen LogP contribution in [0.2, 0.25) is 0 Å². The van der Waals surface area contributed by atoms with Gasteiger partial charge in [-0.15, -0.1) is 0 Å². The lowest BCUT2D eigenvalue weighted by Gasteiger charge is -2.32. The van der Waals surface area contributed by atoms with E-state index in [4.69, 9.17) is 4.74 Å². The van der Waals surface area contributed by atoms with Gasteiger partial charge >= 0.3 is 5.97 Å². The Labute approximate surface area is 174 Å². The highest BCUT2D eigenvalue weighted by Crippen LogP contribution is 2.44. The molecule has 6 heteroatoms. The summed E-state index contributed by atoms with van der Waals surface area (Å²) in [6.45, 7) is 1.93. The van der Waals surface area contributed by atoms with E-state index in [9.17, 15) is 9.59 Å². The van der Waals surface area contributed by atoms with Gasteiger partial charge in [-0.05, 0) is 30.5 Å². The zero-order valence-corrected chi connectivity index (χ0v) is 16.9. The van der Waals surface area contributed by atoms with Crippen LogP contribution in [0.4, 0.5) is 11.4 Å². The lowest BCUT2D eigenvalue weighted by atomic mass is 9.75. The number of hydrogen-bond acceptors (Lipinski definition) is 5. The molecule has 2 heterocycles. The molecule has 2 aliphatic rings. The van der Waals surface area contributed by atoms with E-state index in [1.165, 1.54) is 7.11 Å². The number of ketones is 1. The average Bonchev–Trinajstić information content (AvgIpc) is 3.10. The molecule has 0 unspecified atom stereocenters. The fourth-order valence-corrected chi connectivity index (χ4v) is 4.70. The van der Waals surface area contributed by atoms with Crippen molar-refractivity contribution in [3.63, 3.8) is 0 Å². The lowest BCUT2D eigenvalue weighted by Crippen LogP contribution is -2.39. The van der Waals surface area contributed by atoms with Crippen LogP contribution in [0.5, 0.6) is 0 Å². The molecule has 0 saturated heterocycles. The van der Waals surface area contributed by atoms with Gasteiger partial charge in [0.2, 0.25) is 0 Å². The predicted octanol–water partition coefficient (Wildman–Crippen LogP) is 4.40. The molecule has 1 aromatic heterocycles. The van der Waals surface area contributed by atoms with Crippen LogP contribution in [-0.2, 0) is 14.3 Å². The van der Waals surface area contributed by atoms with E-state index >= 15 is 0 Å². The fourth-order valence-electron chi connectivity index (χ4n) is 4.70. The third kappa shape index (κ3) is 2.79. The molecule has 1 aliphatic carbocycles. The molecule has 152 valence electrons. The van der Waals surface area contributed by atoms with Gasteiger partial charge in [-0.25, -0.2) is 0 Å². The number of anilines is 2. The largest absolute Gasteiger partial charge is 0.468 e. The normalized spacial score (nSPS) is 23.1. The number of ether oxygens (including phenoxy) is 1. The highest BCUT2D eigenvalue weighted by Gasteiger charge is 2.44. The molecule has 0 fully saturated rings. The standard InChI is InChI=1S/C24H23N3O3/c1-13-11-19-21(23(28)20(13)24(29)30-2)22(27-18-10-6-5-9-17(18)26-19)15-12-25-16-8-4-3-7-14(15)16/h3-10,12-13,20,22,25-27H,11H2,1-2H3/t13-,20-,22-/m0/s1. The molecular weight excluding hydrogens is 378 g/mol. The van der Waals surface area contributed by atoms with Crippen molar-refractivity contribution in [3.8, 4) is 0 Å². The SMILES string of the molecule is COC(=O)[C@@H]1C(=O)C2=C(C[C@@H]1C)Nc1ccccc1N[C@H]2c1c[nH]c2ccccc12. The van der Waals surface area contributed by atoms with Crippen molar-refractivity contribution < 1.29 is 14.3 Å². The highest BCUT2D eigenvalue weighted by molar-refractivity contribution is 6.11. The molecule has 30 heavy (non-hydrogen) atoms. The molecule has 0 spiro atoms. The Balaban J connectivity index is 1.71. The Hall–Kier alpha value is -3.54. The summed E-state index contributed by atoms with van der Waals surface area (Å²) in [4.78, 5) is 29.4. The Morgan fingerprint density at radius 1 is 1.07 bits per heavy atom. The van der Waals surface area contributed by atoms with Crippen molar-refractivity contribution in [2.45, 2.75) is 19.4 Å². The summed E-state index contributed by atoms with van der Waals surface area (Å²) < 4.78 is 4.97. The minimum Gasteiger partial charge on any atom is -0.468 e. The number of aromatic nitrogens is 1. The van der Waals surface area contributed by atoms with Crippen molar-refractivity contribution in [1.29, 1.82) is 0 Å². The quantitative estimate of drug-likeness (QED) is 0.438. The number of H-pyrrole nitrogens is 1. The van der Waals surface area contributed by atoms with Crippen LogP contribution in [0.3, 0.4) is 0 Å². The summed E-state index contributed by atoms with van der Waals surface area (Å²) in [5.74, 6) is -1.60. The number of carbonyl (C=O) groups excluding carboxylic acids is 2. The number of benzene rings is 2. The number of para-hydroxylation sites is 3. The van der Waals surface area contributed by atoms with Gasteiger partial charge in [0.25, 0.3) is 0 Å². The third-order valence-electron chi connectivity index (χ3n) is 6.16. The van der Waals surface area contributed by atoms with E-state index in [-0.39, 0.29) is 17.7 Å². The zero-order chi connectivity index (χ0) is 20.8. The molecule has 0 bridgehead atoms. The minimum atomic E-state index is -0.800. The smallest absolute Gasteiger partial charge is 0.316 e. The summed E-state index contributed by atoms with van der Waals surface area (Å²) in [7, 11) is 1.34. The maximum Gasteiger partial charge on any atom is 0.316 e. The van der Waals surface area contributed by atoms with Gasteiger partial charge in [0, 0.05) is 33.9 Å². The molecule has 1 aliphatic heterocycles. The second-order valence-electron chi connectivity index (χ2n) is 7.98. The van der Waals surface area contributed by atoms with Crippen LogP contribution < -0.4 is 10.6 Å². The Morgan fingerprint density at radius 2 is 1.80 bits per heavy atom. The molecule has 0 amide bonds. The van der Waals surface area contributed by atoms with Crippen LogP contribution >= 0.6 is 0 Å². The number of methoxy groups -OCH3 is 1. The summed E-state index contributed by atoms with van der Waals surface area (Å²) in [6.07, 6.45) is 2.54. The second-order valence-corrected chi connectivity index (χ2v) is 7.98. The van der Waals surface area contributed by atoms with E-state index in [2.05, 4.69) is 15.6 Å². The first-order valence-electron chi connectivity index (χ1n) is 10.1. The van der Waals surface area contributed by atoms with E-state index in [1.54, 1.807) is 0 Å². The fraction of sp³-hybridized carbons (Fsp3) is 0.250. The number of nitrogens with one attached hydrogen (secondary N) is 3. The molecule has 5 rings (SSSR count). The lowest BCUT2D eigenvalue weighted by molar-refractivity contribution is -0.151. The Morgan fingerprint density at radius 3 is 2.60 bits per heavy atom. The van der Waals surface area contributed by atoms with Crippen molar-refractivity contribution in [3.05, 3.63) is 71.6 Å².